The van der Waals surface area contributed by atoms with Gasteiger partial charge in [-0.05, 0) is 22.4 Å². The van der Waals surface area contributed by atoms with Crippen molar-refractivity contribution in [1.82, 2.24) is 15.0 Å². The van der Waals surface area contributed by atoms with Gasteiger partial charge in [-0.25, -0.2) is 9.48 Å². The minimum absolute atomic E-state index is 0.0715. The Morgan fingerprint density at radius 3 is 3.00 bits per heavy atom. The van der Waals surface area contributed by atoms with Crippen LogP contribution in [0.15, 0.2) is 16.8 Å². The Labute approximate surface area is 95.3 Å². The third-order valence-corrected chi connectivity index (χ3v) is 2.88. The van der Waals surface area contributed by atoms with Gasteiger partial charge in [0.05, 0.1) is 12.2 Å². The molecule has 3 N–H and O–H groups in total. The number of carboxylic acid groups (broad SMARTS) is 1. The van der Waals surface area contributed by atoms with Gasteiger partial charge in [0.1, 0.15) is 0 Å². The number of hydrogen-bond acceptors (Lipinski definition) is 5. The van der Waals surface area contributed by atoms with E-state index >= 15 is 0 Å². The average molecular weight is 238 g/mol. The normalized spacial score (nSPS) is 10.6. The highest BCUT2D eigenvalue weighted by molar-refractivity contribution is 7.07. The van der Waals surface area contributed by atoms with E-state index in [1.54, 1.807) is 11.3 Å². The van der Waals surface area contributed by atoms with E-state index in [-0.39, 0.29) is 12.2 Å². The van der Waals surface area contributed by atoms with Crippen molar-refractivity contribution < 1.29 is 9.90 Å². The van der Waals surface area contributed by atoms with Crippen molar-refractivity contribution in [2.24, 2.45) is 5.73 Å². The van der Waals surface area contributed by atoms with E-state index < -0.39 is 5.97 Å². The molecule has 0 radical (unpaired) electrons. The first-order valence-corrected chi connectivity index (χ1v) is 5.53. The largest absolute Gasteiger partial charge is 0.476 e. The summed E-state index contributed by atoms with van der Waals surface area (Å²) in [6.45, 7) is 0.606. The molecule has 0 aliphatic heterocycles. The molecule has 7 heteroatoms. The number of nitrogens with zero attached hydrogens (tertiary/aromatic N) is 3. The third-order valence-electron chi connectivity index (χ3n) is 2.15. The number of hydrogen-bond donors (Lipinski definition) is 2. The molecule has 2 aromatic rings. The first-order chi connectivity index (χ1) is 7.72. The summed E-state index contributed by atoms with van der Waals surface area (Å²) in [6.07, 6.45) is 0. The van der Waals surface area contributed by atoms with Crippen LogP contribution >= 0.6 is 11.3 Å². The van der Waals surface area contributed by atoms with Crippen molar-refractivity contribution in [2.75, 3.05) is 0 Å². The quantitative estimate of drug-likeness (QED) is 0.811. The molecule has 2 rings (SSSR count). The monoisotopic (exact) mass is 238 g/mol. The maximum absolute atomic E-state index is 10.8. The lowest BCUT2D eigenvalue weighted by atomic mass is 10.3. The van der Waals surface area contributed by atoms with Gasteiger partial charge in [-0.1, -0.05) is 5.21 Å². The predicted molar refractivity (Wildman–Crippen MR) is 58.3 cm³/mol. The van der Waals surface area contributed by atoms with Crippen LogP contribution in [-0.2, 0) is 13.1 Å². The van der Waals surface area contributed by atoms with Crippen LogP contribution in [-0.4, -0.2) is 26.1 Å². The van der Waals surface area contributed by atoms with E-state index in [0.717, 1.165) is 5.56 Å². The number of rotatable bonds is 4. The summed E-state index contributed by atoms with van der Waals surface area (Å²) in [5.74, 6) is -1.10. The zero-order valence-corrected chi connectivity index (χ0v) is 9.15. The van der Waals surface area contributed by atoms with Crippen molar-refractivity contribution in [2.45, 2.75) is 13.1 Å². The standard InChI is InChI=1S/C9H10N4O2S/c10-3-7-8(9(14)15)11-12-13(7)4-6-1-2-16-5-6/h1-2,5H,3-4,10H2,(H,14,15). The summed E-state index contributed by atoms with van der Waals surface area (Å²) < 4.78 is 1.52. The molecule has 16 heavy (non-hydrogen) atoms. The molecule has 0 spiro atoms. The lowest BCUT2D eigenvalue weighted by molar-refractivity contribution is 0.0689. The number of carboxylic acids is 1. The summed E-state index contributed by atoms with van der Waals surface area (Å²) in [6, 6.07) is 1.95. The summed E-state index contributed by atoms with van der Waals surface area (Å²) >= 11 is 1.58. The molecule has 6 nitrogen and oxygen atoms in total. The van der Waals surface area contributed by atoms with Gasteiger partial charge in [-0.15, -0.1) is 5.10 Å². The number of thiophene rings is 1. The van der Waals surface area contributed by atoms with Gasteiger partial charge in [0.2, 0.25) is 0 Å². The fraction of sp³-hybridized carbons (Fsp3) is 0.222. The van der Waals surface area contributed by atoms with Gasteiger partial charge >= 0.3 is 5.97 Å². The fourth-order valence-electron chi connectivity index (χ4n) is 1.38. The van der Waals surface area contributed by atoms with E-state index in [2.05, 4.69) is 10.3 Å². The number of nitrogens with two attached hydrogens (primary N) is 1. The molecule has 0 saturated heterocycles. The second-order valence-electron chi connectivity index (χ2n) is 3.18. The first-order valence-electron chi connectivity index (χ1n) is 4.59. The van der Waals surface area contributed by atoms with Gasteiger partial charge in [-0.3, -0.25) is 0 Å². The Morgan fingerprint density at radius 1 is 1.62 bits per heavy atom. The van der Waals surface area contributed by atoms with Crippen molar-refractivity contribution in [3.8, 4) is 0 Å². The maximum Gasteiger partial charge on any atom is 0.358 e. The molecule has 0 aliphatic carbocycles. The SMILES string of the molecule is NCc1c(C(=O)O)nnn1Cc1ccsc1. The number of aromatic nitrogens is 3. The highest BCUT2D eigenvalue weighted by atomic mass is 32.1. The Kier molecular flexibility index (Phi) is 2.97. The lowest BCUT2D eigenvalue weighted by Crippen LogP contribution is -2.12. The van der Waals surface area contributed by atoms with Gasteiger partial charge in [0.25, 0.3) is 0 Å². The van der Waals surface area contributed by atoms with E-state index in [4.69, 9.17) is 10.8 Å². The van der Waals surface area contributed by atoms with Gasteiger partial charge < -0.3 is 10.8 Å². The molecular formula is C9H10N4O2S. The van der Waals surface area contributed by atoms with Crippen LogP contribution in [0.4, 0.5) is 0 Å². The Bertz CT molecular complexity index is 492. The summed E-state index contributed by atoms with van der Waals surface area (Å²) in [4.78, 5) is 10.8. The van der Waals surface area contributed by atoms with Crippen molar-refractivity contribution in [1.29, 1.82) is 0 Å². The zero-order valence-electron chi connectivity index (χ0n) is 8.33. The molecule has 0 aromatic carbocycles. The molecule has 0 amide bonds. The van der Waals surface area contributed by atoms with Gasteiger partial charge in [0, 0.05) is 6.54 Å². The predicted octanol–water partition coefficient (Wildman–Crippen LogP) is 0.545. The molecular weight excluding hydrogens is 228 g/mol. The van der Waals surface area contributed by atoms with E-state index in [1.165, 1.54) is 4.68 Å². The number of carbonyl (C=O) groups is 1. The van der Waals surface area contributed by atoms with Crippen molar-refractivity contribution in [3.63, 3.8) is 0 Å². The Balaban J connectivity index is 2.31. The fourth-order valence-corrected chi connectivity index (χ4v) is 2.04. The van der Waals surface area contributed by atoms with Crippen LogP contribution in [0, 0.1) is 0 Å². The van der Waals surface area contributed by atoms with Gasteiger partial charge in [-0.2, -0.15) is 11.3 Å². The van der Waals surface area contributed by atoms with Crippen LogP contribution in [0.25, 0.3) is 0 Å². The minimum atomic E-state index is -1.10. The van der Waals surface area contributed by atoms with Crippen molar-refractivity contribution >= 4 is 17.3 Å². The van der Waals surface area contributed by atoms with E-state index in [0.29, 0.717) is 12.2 Å². The van der Waals surface area contributed by atoms with Crippen molar-refractivity contribution in [3.05, 3.63) is 33.8 Å². The van der Waals surface area contributed by atoms with Crippen LogP contribution in [0.5, 0.6) is 0 Å². The topological polar surface area (TPSA) is 94.0 Å². The second kappa shape index (κ2) is 4.42. The zero-order chi connectivity index (χ0) is 11.5. The molecule has 0 aliphatic rings. The van der Waals surface area contributed by atoms with E-state index in [1.807, 2.05) is 16.8 Å². The molecule has 84 valence electrons. The molecule has 0 fully saturated rings. The molecule has 2 heterocycles. The molecule has 0 unspecified atom stereocenters. The smallest absolute Gasteiger partial charge is 0.358 e. The highest BCUT2D eigenvalue weighted by Crippen LogP contribution is 2.11. The minimum Gasteiger partial charge on any atom is -0.476 e. The molecule has 0 bridgehead atoms. The van der Waals surface area contributed by atoms with Gasteiger partial charge in [0.15, 0.2) is 5.69 Å². The van der Waals surface area contributed by atoms with Crippen LogP contribution in [0.1, 0.15) is 21.7 Å². The summed E-state index contributed by atoms with van der Waals surface area (Å²) in [7, 11) is 0. The van der Waals surface area contributed by atoms with E-state index in [9.17, 15) is 4.79 Å². The maximum atomic E-state index is 10.8. The first kappa shape index (κ1) is 10.8. The van der Waals surface area contributed by atoms with Crippen LogP contribution in [0.2, 0.25) is 0 Å². The lowest BCUT2D eigenvalue weighted by Gasteiger charge is -2.02. The Hall–Kier alpha value is -1.73. The molecule has 0 saturated carbocycles. The average Bonchev–Trinajstić information content (AvgIpc) is 2.87. The second-order valence-corrected chi connectivity index (χ2v) is 3.96. The molecule has 0 atom stereocenters. The van der Waals surface area contributed by atoms with Crippen LogP contribution < -0.4 is 5.73 Å². The van der Waals surface area contributed by atoms with Crippen LogP contribution in [0.3, 0.4) is 0 Å². The summed E-state index contributed by atoms with van der Waals surface area (Å²) in [5.41, 5.74) is 6.93. The third kappa shape index (κ3) is 1.95. The Morgan fingerprint density at radius 2 is 2.44 bits per heavy atom. The molecule has 2 aromatic heterocycles. The summed E-state index contributed by atoms with van der Waals surface area (Å²) in [5, 5.41) is 20.2. The number of aromatic carboxylic acids is 1. The highest BCUT2D eigenvalue weighted by Gasteiger charge is 2.17.